The summed E-state index contributed by atoms with van der Waals surface area (Å²) in [6.07, 6.45) is 2.27. The number of para-hydroxylation sites is 1. The molecule has 0 amide bonds. The van der Waals surface area contributed by atoms with Gasteiger partial charge >= 0.3 is 0 Å². The Morgan fingerprint density at radius 1 is 0.878 bits per heavy atom. The standard InChI is InChI=1S/C31H35N3O6S/c1-30(2)15-23-28(25(35)17-30)27(21-7-5-6-8-22(21)34(37)38)29-24(16-31(3,4)18-26(29)36)33(23)14-13-19-9-11-20(12-10-19)41(32,39)40/h5-12,27H,13-18H2,1-4H3,(H2,32,39,40). The molecular formula is C31H35N3O6S. The summed E-state index contributed by atoms with van der Waals surface area (Å²) >= 11 is 0. The Morgan fingerprint density at radius 2 is 1.39 bits per heavy atom. The van der Waals surface area contributed by atoms with Crippen molar-refractivity contribution >= 4 is 27.3 Å². The summed E-state index contributed by atoms with van der Waals surface area (Å²) in [7, 11) is -3.82. The Balaban J connectivity index is 1.68. The highest BCUT2D eigenvalue weighted by Gasteiger charge is 2.50. The van der Waals surface area contributed by atoms with E-state index in [4.69, 9.17) is 5.14 Å². The van der Waals surface area contributed by atoms with Crippen LogP contribution in [0.25, 0.3) is 0 Å². The highest BCUT2D eigenvalue weighted by Crippen LogP contribution is 2.55. The van der Waals surface area contributed by atoms with Crippen LogP contribution in [0, 0.1) is 20.9 Å². The number of nitro groups is 1. The van der Waals surface area contributed by atoms with Crippen molar-refractivity contribution in [2.75, 3.05) is 6.54 Å². The highest BCUT2D eigenvalue weighted by molar-refractivity contribution is 7.89. The fourth-order valence-electron chi connectivity index (χ4n) is 6.61. The predicted molar refractivity (Wildman–Crippen MR) is 154 cm³/mol. The maximum Gasteiger partial charge on any atom is 0.273 e. The predicted octanol–water partition coefficient (Wildman–Crippen LogP) is 5.17. The number of primary sulfonamides is 1. The fourth-order valence-corrected chi connectivity index (χ4v) is 7.13. The molecule has 0 saturated heterocycles. The number of benzene rings is 2. The summed E-state index contributed by atoms with van der Waals surface area (Å²) in [6.45, 7) is 8.62. The van der Waals surface area contributed by atoms with E-state index < -0.39 is 20.9 Å². The van der Waals surface area contributed by atoms with Gasteiger partial charge in [0.05, 0.1) is 15.7 Å². The molecule has 0 saturated carbocycles. The Hall–Kier alpha value is -3.63. The summed E-state index contributed by atoms with van der Waals surface area (Å²) in [6, 6.07) is 12.8. The van der Waals surface area contributed by atoms with Gasteiger partial charge in [0.1, 0.15) is 0 Å². The van der Waals surface area contributed by atoms with Crippen LogP contribution in [0.4, 0.5) is 5.69 Å². The van der Waals surface area contributed by atoms with Gasteiger partial charge in [-0.1, -0.05) is 58.0 Å². The second-order valence-electron chi connectivity index (χ2n) is 12.9. The summed E-state index contributed by atoms with van der Waals surface area (Å²) in [4.78, 5) is 41.6. The van der Waals surface area contributed by atoms with Crippen LogP contribution in [-0.2, 0) is 26.0 Å². The minimum atomic E-state index is -3.82. The van der Waals surface area contributed by atoms with Crippen LogP contribution in [0.1, 0.15) is 70.4 Å². The van der Waals surface area contributed by atoms with E-state index >= 15 is 0 Å². The van der Waals surface area contributed by atoms with Crippen LogP contribution < -0.4 is 5.14 Å². The first-order valence-corrected chi connectivity index (χ1v) is 15.3. The Labute approximate surface area is 240 Å². The number of nitro benzene ring substituents is 1. The first-order chi connectivity index (χ1) is 19.1. The van der Waals surface area contributed by atoms with E-state index in [9.17, 15) is 28.1 Å². The van der Waals surface area contributed by atoms with Crippen molar-refractivity contribution in [3.63, 3.8) is 0 Å². The zero-order chi connectivity index (χ0) is 29.9. The topological polar surface area (TPSA) is 141 Å². The lowest BCUT2D eigenvalue weighted by atomic mass is 9.63. The average Bonchev–Trinajstić information content (AvgIpc) is 2.85. The van der Waals surface area contributed by atoms with Crippen LogP contribution >= 0.6 is 0 Å². The molecule has 41 heavy (non-hydrogen) atoms. The number of carbonyl (C=O) groups is 2. The number of nitrogens with zero attached hydrogens (tertiary/aromatic N) is 2. The van der Waals surface area contributed by atoms with Crippen molar-refractivity contribution in [3.05, 3.63) is 92.3 Å². The number of allylic oxidation sites excluding steroid dienone is 4. The van der Waals surface area contributed by atoms with E-state index in [1.165, 1.54) is 18.2 Å². The van der Waals surface area contributed by atoms with Gasteiger partial charge in [0.25, 0.3) is 5.69 Å². The molecule has 0 atom stereocenters. The maximum absolute atomic E-state index is 13.9. The lowest BCUT2D eigenvalue weighted by Gasteiger charge is -2.49. The molecule has 5 rings (SSSR count). The molecule has 3 aliphatic rings. The van der Waals surface area contributed by atoms with E-state index in [-0.39, 0.29) is 45.8 Å². The molecule has 9 nitrogen and oxygen atoms in total. The Kier molecular flexibility index (Phi) is 7.06. The van der Waals surface area contributed by atoms with Crippen LogP contribution in [-0.4, -0.2) is 36.4 Å². The zero-order valence-corrected chi connectivity index (χ0v) is 24.6. The summed E-state index contributed by atoms with van der Waals surface area (Å²) in [5.41, 5.74) is 3.09. The third-order valence-electron chi connectivity index (χ3n) is 8.34. The monoisotopic (exact) mass is 577 g/mol. The molecule has 10 heteroatoms. The summed E-state index contributed by atoms with van der Waals surface area (Å²) < 4.78 is 23.4. The highest BCUT2D eigenvalue weighted by atomic mass is 32.2. The van der Waals surface area contributed by atoms with Crippen LogP contribution in [0.15, 0.2) is 76.0 Å². The van der Waals surface area contributed by atoms with Crippen LogP contribution in [0.5, 0.6) is 0 Å². The molecule has 0 radical (unpaired) electrons. The number of hydrogen-bond donors (Lipinski definition) is 1. The van der Waals surface area contributed by atoms with Gasteiger partial charge in [0.2, 0.25) is 10.0 Å². The molecule has 1 aliphatic heterocycles. The molecule has 0 unspecified atom stereocenters. The largest absolute Gasteiger partial charge is 0.347 e. The molecule has 1 heterocycles. The van der Waals surface area contributed by atoms with E-state index in [1.54, 1.807) is 30.3 Å². The molecule has 0 aromatic heterocycles. The molecule has 2 N–H and O–H groups in total. The quantitative estimate of drug-likeness (QED) is 0.369. The molecule has 2 aromatic rings. The molecular weight excluding hydrogens is 542 g/mol. The lowest BCUT2D eigenvalue weighted by Crippen LogP contribution is -2.45. The summed E-state index contributed by atoms with van der Waals surface area (Å²) in [5, 5.41) is 17.4. The lowest BCUT2D eigenvalue weighted by molar-refractivity contribution is -0.385. The molecule has 2 aromatic carbocycles. The SMILES string of the molecule is CC1(C)CC(=O)C2=C(C1)N(CCc1ccc(S(N)(=O)=O)cc1)C1=C(C(=O)CC(C)(C)C1)C2c1ccccc1[N+](=O)[O-]. The van der Waals surface area contributed by atoms with Crippen molar-refractivity contribution < 1.29 is 22.9 Å². The molecule has 0 bridgehead atoms. The summed E-state index contributed by atoms with van der Waals surface area (Å²) in [5.74, 6) is -0.976. The smallest absolute Gasteiger partial charge is 0.273 e. The van der Waals surface area contributed by atoms with Gasteiger partial charge in [-0.2, -0.15) is 0 Å². The number of Topliss-reactive ketones (excluding diaryl/α,β-unsaturated/α-hetero) is 2. The number of ketones is 2. The normalized spacial score (nSPS) is 20.7. The zero-order valence-electron chi connectivity index (χ0n) is 23.8. The van der Waals surface area contributed by atoms with E-state index in [2.05, 4.69) is 4.90 Å². The van der Waals surface area contributed by atoms with E-state index in [1.807, 2.05) is 27.7 Å². The molecule has 0 spiro atoms. The van der Waals surface area contributed by atoms with Gasteiger partial charge in [-0.3, -0.25) is 19.7 Å². The van der Waals surface area contributed by atoms with Gasteiger partial charge < -0.3 is 4.90 Å². The van der Waals surface area contributed by atoms with Crippen molar-refractivity contribution in [1.29, 1.82) is 0 Å². The maximum atomic E-state index is 13.9. The van der Waals surface area contributed by atoms with Crippen molar-refractivity contribution in [1.82, 2.24) is 4.90 Å². The second-order valence-corrected chi connectivity index (χ2v) is 14.5. The van der Waals surface area contributed by atoms with Crippen molar-refractivity contribution in [2.45, 2.75) is 70.6 Å². The van der Waals surface area contributed by atoms with E-state index in [0.717, 1.165) is 17.0 Å². The Morgan fingerprint density at radius 3 is 1.88 bits per heavy atom. The number of rotatable bonds is 6. The van der Waals surface area contributed by atoms with Crippen LogP contribution in [0.3, 0.4) is 0 Å². The number of carbonyl (C=O) groups excluding carboxylic acids is 2. The van der Waals surface area contributed by atoms with Gasteiger partial charge in [-0.15, -0.1) is 0 Å². The van der Waals surface area contributed by atoms with Crippen LogP contribution in [0.2, 0.25) is 0 Å². The number of nitrogens with two attached hydrogens (primary N) is 1. The number of hydrogen-bond acceptors (Lipinski definition) is 7. The second kappa shape index (κ2) is 10.0. The van der Waals surface area contributed by atoms with Gasteiger partial charge in [0.15, 0.2) is 11.6 Å². The van der Waals surface area contributed by atoms with Crippen molar-refractivity contribution in [2.24, 2.45) is 16.0 Å². The van der Waals surface area contributed by atoms with Gasteiger partial charge in [0, 0.05) is 53.6 Å². The van der Waals surface area contributed by atoms with E-state index in [0.29, 0.717) is 42.5 Å². The first-order valence-electron chi connectivity index (χ1n) is 13.7. The minimum absolute atomic E-state index is 0.0285. The van der Waals surface area contributed by atoms with Crippen molar-refractivity contribution in [3.8, 4) is 0 Å². The third kappa shape index (κ3) is 5.50. The molecule has 0 fully saturated rings. The Bertz CT molecular complexity index is 1580. The third-order valence-corrected chi connectivity index (χ3v) is 9.27. The van der Waals surface area contributed by atoms with Gasteiger partial charge in [-0.05, 0) is 47.8 Å². The fraction of sp³-hybridized carbons (Fsp3) is 0.419. The molecule has 216 valence electrons. The average molecular weight is 578 g/mol. The van der Waals surface area contributed by atoms with Gasteiger partial charge in [-0.25, -0.2) is 13.6 Å². The first kappa shape index (κ1) is 28.9. The molecule has 2 aliphatic carbocycles. The minimum Gasteiger partial charge on any atom is -0.347 e. The number of sulfonamides is 1.